The molecule has 1 fully saturated rings. The van der Waals surface area contributed by atoms with Gasteiger partial charge in [0.2, 0.25) is 0 Å². The summed E-state index contributed by atoms with van der Waals surface area (Å²) in [4.78, 5) is 25.5. The van der Waals surface area contributed by atoms with Crippen LogP contribution in [0.2, 0.25) is 0 Å². The van der Waals surface area contributed by atoms with E-state index in [4.69, 9.17) is 4.74 Å². The number of rotatable bonds is 8. The Balaban J connectivity index is 1.35. The Hall–Kier alpha value is -4.49. The zero-order chi connectivity index (χ0) is 28.4. The number of carboxylic acid groups (broad SMARTS) is 1. The second kappa shape index (κ2) is 11.2. The molecule has 2 heterocycles. The highest BCUT2D eigenvalue weighted by atomic mass is 19.1. The zero-order valence-electron chi connectivity index (χ0n) is 22.6. The lowest BCUT2D eigenvalue weighted by Crippen LogP contribution is -2.49. The van der Waals surface area contributed by atoms with Crippen molar-refractivity contribution in [3.8, 4) is 0 Å². The highest BCUT2D eigenvalue weighted by molar-refractivity contribution is 5.97. The molecule has 6 nitrogen and oxygen atoms in total. The van der Waals surface area contributed by atoms with Crippen LogP contribution in [-0.2, 0) is 28.0 Å². The van der Waals surface area contributed by atoms with E-state index in [2.05, 4.69) is 35.6 Å². The molecule has 208 valence electrons. The van der Waals surface area contributed by atoms with E-state index < -0.39 is 11.5 Å². The van der Waals surface area contributed by atoms with E-state index >= 15 is 0 Å². The first-order chi connectivity index (χ1) is 19.9. The Morgan fingerprint density at radius 2 is 1.68 bits per heavy atom. The molecule has 1 saturated heterocycles. The van der Waals surface area contributed by atoms with E-state index in [0.29, 0.717) is 43.7 Å². The van der Waals surface area contributed by atoms with Gasteiger partial charge in [-0.1, -0.05) is 48.5 Å². The van der Waals surface area contributed by atoms with Crippen LogP contribution < -0.4 is 5.32 Å². The third-order valence-corrected chi connectivity index (χ3v) is 8.12. The van der Waals surface area contributed by atoms with Gasteiger partial charge >= 0.3 is 5.97 Å². The normalized spacial score (nSPS) is 14.8. The molecule has 2 N–H and O–H groups in total. The second-order valence-corrected chi connectivity index (χ2v) is 10.7. The Labute approximate surface area is 237 Å². The number of fused-ring (bicyclic) bond motifs is 2. The summed E-state index contributed by atoms with van der Waals surface area (Å²) >= 11 is 0. The lowest BCUT2D eigenvalue weighted by molar-refractivity contribution is -0.136. The minimum Gasteiger partial charge on any atom is -0.481 e. The number of halogens is 1. The Morgan fingerprint density at radius 3 is 2.49 bits per heavy atom. The monoisotopic (exact) mass is 550 g/mol. The standard InChI is InChI=1S/C34H31FN2O4/c35-29-11-8-26-13-16-37(31(26)21-29)22-23-5-6-25(9-12-32(38)39)30(19-23)33(40)36-34(14-17-41-18-15-34)28-10-7-24-3-1-2-4-27(24)20-28/h1-8,10-11,13,16,19-21H,9,12,14-15,17-18,22H2,(H,36,40)(H,38,39). The zero-order valence-corrected chi connectivity index (χ0v) is 22.6. The molecule has 41 heavy (non-hydrogen) atoms. The van der Waals surface area contributed by atoms with Crippen molar-refractivity contribution in [1.29, 1.82) is 0 Å². The number of aryl methyl sites for hydroxylation is 1. The molecule has 4 aromatic carbocycles. The summed E-state index contributed by atoms with van der Waals surface area (Å²) in [6.07, 6.45) is 3.32. The van der Waals surface area contributed by atoms with Crippen LogP contribution in [0, 0.1) is 5.82 Å². The summed E-state index contributed by atoms with van der Waals surface area (Å²) in [7, 11) is 0. The summed E-state index contributed by atoms with van der Waals surface area (Å²) in [5, 5.41) is 15.9. The number of amides is 1. The molecule has 1 aromatic heterocycles. The molecule has 5 aromatic rings. The number of benzene rings is 4. The highest BCUT2D eigenvalue weighted by Gasteiger charge is 2.36. The molecule has 0 spiro atoms. The van der Waals surface area contributed by atoms with Crippen LogP contribution >= 0.6 is 0 Å². The number of carbonyl (C=O) groups excluding carboxylic acids is 1. The van der Waals surface area contributed by atoms with Gasteiger partial charge in [0.15, 0.2) is 0 Å². The lowest BCUT2D eigenvalue weighted by Gasteiger charge is -2.39. The molecule has 1 aliphatic rings. The molecular weight excluding hydrogens is 519 g/mol. The van der Waals surface area contributed by atoms with Gasteiger partial charge in [0.25, 0.3) is 5.91 Å². The summed E-state index contributed by atoms with van der Waals surface area (Å²) in [6, 6.07) is 26.6. The molecule has 1 amide bonds. The van der Waals surface area contributed by atoms with Crippen LogP contribution in [0.15, 0.2) is 91.1 Å². The molecule has 6 rings (SSSR count). The van der Waals surface area contributed by atoms with E-state index in [1.807, 2.05) is 47.2 Å². The van der Waals surface area contributed by atoms with Crippen LogP contribution in [0.3, 0.4) is 0 Å². The fourth-order valence-corrected chi connectivity index (χ4v) is 5.86. The van der Waals surface area contributed by atoms with E-state index in [1.165, 1.54) is 12.1 Å². The van der Waals surface area contributed by atoms with Crippen molar-refractivity contribution in [3.63, 3.8) is 0 Å². The van der Waals surface area contributed by atoms with Gasteiger partial charge in [-0.25, -0.2) is 4.39 Å². The van der Waals surface area contributed by atoms with Crippen molar-refractivity contribution >= 4 is 33.6 Å². The minimum absolute atomic E-state index is 0.0786. The Kier molecular flexibility index (Phi) is 7.28. The third-order valence-electron chi connectivity index (χ3n) is 8.12. The molecule has 0 aliphatic carbocycles. The Bertz CT molecular complexity index is 1750. The maximum atomic E-state index is 14.1. The SMILES string of the molecule is O=C(O)CCc1ccc(Cn2ccc3ccc(F)cc32)cc1C(=O)NC1(c2ccc3ccccc3c2)CCOCC1. The average Bonchev–Trinajstić information content (AvgIpc) is 3.38. The van der Waals surface area contributed by atoms with Crippen LogP contribution in [0.1, 0.15) is 46.3 Å². The van der Waals surface area contributed by atoms with Crippen molar-refractivity contribution in [3.05, 3.63) is 119 Å². The first kappa shape index (κ1) is 26.7. The predicted octanol–water partition coefficient (Wildman–Crippen LogP) is 6.43. The van der Waals surface area contributed by atoms with Gasteiger partial charge in [0, 0.05) is 37.9 Å². The van der Waals surface area contributed by atoms with Gasteiger partial charge in [-0.2, -0.15) is 0 Å². The van der Waals surface area contributed by atoms with Crippen molar-refractivity contribution in [1.82, 2.24) is 9.88 Å². The van der Waals surface area contributed by atoms with Gasteiger partial charge in [-0.3, -0.25) is 9.59 Å². The molecule has 7 heteroatoms. The van der Waals surface area contributed by atoms with E-state index in [1.54, 1.807) is 6.07 Å². The van der Waals surface area contributed by atoms with Crippen molar-refractivity contribution < 1.29 is 23.8 Å². The van der Waals surface area contributed by atoms with E-state index in [9.17, 15) is 19.1 Å². The molecule has 0 radical (unpaired) electrons. The molecule has 0 bridgehead atoms. The van der Waals surface area contributed by atoms with Gasteiger partial charge in [0.1, 0.15) is 5.82 Å². The molecular formula is C34H31FN2O4. The number of ether oxygens (including phenoxy) is 1. The first-order valence-corrected chi connectivity index (χ1v) is 13.9. The molecule has 1 aliphatic heterocycles. The Morgan fingerprint density at radius 1 is 0.902 bits per heavy atom. The van der Waals surface area contributed by atoms with Crippen molar-refractivity contribution in [2.75, 3.05) is 13.2 Å². The number of nitrogens with zero attached hydrogens (tertiary/aromatic N) is 1. The van der Waals surface area contributed by atoms with E-state index in [0.717, 1.165) is 32.8 Å². The van der Waals surface area contributed by atoms with Gasteiger partial charge in [0.05, 0.1) is 11.1 Å². The first-order valence-electron chi connectivity index (χ1n) is 13.9. The van der Waals surface area contributed by atoms with Gasteiger partial charge in [-0.05, 0) is 88.5 Å². The number of hydrogen-bond donors (Lipinski definition) is 2. The predicted molar refractivity (Wildman–Crippen MR) is 157 cm³/mol. The fraction of sp³-hybridized carbons (Fsp3) is 0.235. The fourth-order valence-electron chi connectivity index (χ4n) is 5.86. The van der Waals surface area contributed by atoms with Gasteiger partial charge < -0.3 is 19.7 Å². The number of hydrogen-bond acceptors (Lipinski definition) is 3. The summed E-state index contributed by atoms with van der Waals surface area (Å²) in [5.41, 5.74) is 3.17. The smallest absolute Gasteiger partial charge is 0.303 e. The highest BCUT2D eigenvalue weighted by Crippen LogP contribution is 2.35. The van der Waals surface area contributed by atoms with Crippen LogP contribution in [0.25, 0.3) is 21.7 Å². The topological polar surface area (TPSA) is 80.6 Å². The second-order valence-electron chi connectivity index (χ2n) is 10.7. The summed E-state index contributed by atoms with van der Waals surface area (Å²) in [5.74, 6) is -1.47. The van der Waals surface area contributed by atoms with E-state index in [-0.39, 0.29) is 24.6 Å². The molecule has 0 atom stereocenters. The lowest BCUT2D eigenvalue weighted by atomic mass is 9.81. The number of aliphatic carboxylic acids is 1. The number of nitrogens with one attached hydrogen (secondary N) is 1. The van der Waals surface area contributed by atoms with Crippen LogP contribution in [0.5, 0.6) is 0 Å². The van der Waals surface area contributed by atoms with Crippen LogP contribution in [0.4, 0.5) is 4.39 Å². The number of carbonyl (C=O) groups is 2. The maximum Gasteiger partial charge on any atom is 0.303 e. The maximum absolute atomic E-state index is 14.1. The van der Waals surface area contributed by atoms with Crippen molar-refractivity contribution in [2.45, 2.75) is 37.8 Å². The largest absolute Gasteiger partial charge is 0.481 e. The quantitative estimate of drug-likeness (QED) is 0.233. The van der Waals surface area contributed by atoms with Crippen LogP contribution in [-0.4, -0.2) is 34.8 Å². The third kappa shape index (κ3) is 5.58. The van der Waals surface area contributed by atoms with Gasteiger partial charge in [-0.15, -0.1) is 0 Å². The molecule has 0 unspecified atom stereocenters. The average molecular weight is 551 g/mol. The minimum atomic E-state index is -0.918. The number of aromatic nitrogens is 1. The summed E-state index contributed by atoms with van der Waals surface area (Å²) < 4.78 is 21.6. The molecule has 0 saturated carbocycles. The summed E-state index contributed by atoms with van der Waals surface area (Å²) in [6.45, 7) is 1.49. The van der Waals surface area contributed by atoms with Crippen molar-refractivity contribution in [2.24, 2.45) is 0 Å². The number of carboxylic acids is 1.